The van der Waals surface area contributed by atoms with Gasteiger partial charge in [-0.15, -0.1) is 0 Å². The number of hydrogen-bond donors (Lipinski definition) is 0. The Bertz CT molecular complexity index is 1030. The lowest BCUT2D eigenvalue weighted by atomic mass is 9.80. The molecule has 4 nitrogen and oxygen atoms in total. The van der Waals surface area contributed by atoms with Crippen LogP contribution in [0.2, 0.25) is 19.6 Å². The second-order valence-corrected chi connectivity index (χ2v) is 17.6. The van der Waals surface area contributed by atoms with Crippen LogP contribution in [-0.2, 0) is 32.3 Å². The first-order valence-electron chi connectivity index (χ1n) is 11.6. The Morgan fingerprint density at radius 3 is 1.79 bits per heavy atom. The molecule has 0 N–H and O–H groups in total. The Morgan fingerprint density at radius 1 is 0.882 bits per heavy atom. The van der Waals surface area contributed by atoms with Gasteiger partial charge in [-0.05, 0) is 66.0 Å². The molecule has 4 rings (SSSR count). The first kappa shape index (κ1) is 25.4. The molecule has 2 aliphatic rings. The molecular formula is C27H30Br2O4Si. The van der Waals surface area contributed by atoms with Crippen molar-refractivity contribution in [2.24, 2.45) is 16.7 Å². The second-order valence-electron chi connectivity index (χ2n) is 10.7. The maximum Gasteiger partial charge on any atom is 0.323 e. The average Bonchev–Trinajstić information content (AvgIpc) is 3.36. The number of ether oxygens (including phenoxy) is 2. The minimum absolute atomic E-state index is 0.0897. The van der Waals surface area contributed by atoms with Crippen LogP contribution in [-0.4, -0.2) is 20.0 Å². The number of hydrogen-bond acceptors (Lipinski definition) is 4. The van der Waals surface area contributed by atoms with Crippen molar-refractivity contribution in [1.29, 1.82) is 0 Å². The first-order chi connectivity index (χ1) is 16.0. The molecule has 0 bridgehead atoms. The summed E-state index contributed by atoms with van der Waals surface area (Å²) in [5, 5.41) is 0. The van der Waals surface area contributed by atoms with Crippen LogP contribution in [0.15, 0.2) is 69.3 Å². The Morgan fingerprint density at radius 2 is 1.35 bits per heavy atom. The molecule has 2 atom stereocenters. The van der Waals surface area contributed by atoms with Crippen LogP contribution in [0.5, 0.6) is 0 Å². The summed E-state index contributed by atoms with van der Waals surface area (Å²) in [5.41, 5.74) is 2.76. The van der Waals surface area contributed by atoms with Crippen LogP contribution in [0.1, 0.15) is 30.4 Å². The predicted molar refractivity (Wildman–Crippen MR) is 143 cm³/mol. The molecule has 0 unspecified atom stereocenters. The van der Waals surface area contributed by atoms with E-state index in [2.05, 4.69) is 63.3 Å². The normalized spacial score (nSPS) is 22.9. The zero-order valence-electron chi connectivity index (χ0n) is 19.8. The van der Waals surface area contributed by atoms with E-state index in [0.717, 1.165) is 26.5 Å². The number of benzene rings is 2. The molecular weight excluding hydrogens is 576 g/mol. The molecule has 0 aliphatic heterocycles. The summed E-state index contributed by atoms with van der Waals surface area (Å²) in [7, 11) is -1.39. The molecule has 0 spiro atoms. The maximum absolute atomic E-state index is 13.5. The molecule has 0 radical (unpaired) electrons. The SMILES string of the molecule is C[Si](C)(C)/C=C/[C@]12C[C@H]1CC(C(=O)OCc1ccc(Br)cc1)(C(=O)OCc1ccc(Br)cc1)C2. The average molecular weight is 606 g/mol. The van der Waals surface area contributed by atoms with Gasteiger partial charge in [-0.3, -0.25) is 9.59 Å². The van der Waals surface area contributed by atoms with Crippen molar-refractivity contribution >= 4 is 51.9 Å². The van der Waals surface area contributed by atoms with Gasteiger partial charge in [0.15, 0.2) is 5.41 Å². The zero-order chi connectivity index (χ0) is 24.6. The van der Waals surface area contributed by atoms with Gasteiger partial charge in [0.05, 0.1) is 8.07 Å². The molecule has 2 fully saturated rings. The molecule has 180 valence electrons. The quantitative estimate of drug-likeness (QED) is 0.181. The summed E-state index contributed by atoms with van der Waals surface area (Å²) in [6, 6.07) is 15.2. The molecule has 0 amide bonds. The van der Waals surface area contributed by atoms with Gasteiger partial charge in [-0.1, -0.05) is 87.5 Å². The number of carbonyl (C=O) groups is 2. The monoisotopic (exact) mass is 604 g/mol. The summed E-state index contributed by atoms with van der Waals surface area (Å²) in [6.45, 7) is 7.14. The molecule has 2 aromatic rings. The van der Waals surface area contributed by atoms with Gasteiger partial charge in [0.25, 0.3) is 0 Å². The van der Waals surface area contributed by atoms with Crippen molar-refractivity contribution < 1.29 is 19.1 Å². The van der Waals surface area contributed by atoms with Gasteiger partial charge in [-0.2, -0.15) is 0 Å². The van der Waals surface area contributed by atoms with Crippen molar-refractivity contribution in [3.63, 3.8) is 0 Å². The number of fused-ring (bicyclic) bond motifs is 1. The largest absolute Gasteiger partial charge is 0.460 e. The van der Waals surface area contributed by atoms with Crippen molar-refractivity contribution in [1.82, 2.24) is 0 Å². The van der Waals surface area contributed by atoms with Gasteiger partial charge < -0.3 is 9.47 Å². The molecule has 2 aliphatic carbocycles. The lowest BCUT2D eigenvalue weighted by molar-refractivity contribution is -0.175. The highest BCUT2D eigenvalue weighted by Gasteiger charge is 2.70. The first-order valence-corrected chi connectivity index (χ1v) is 16.7. The lowest BCUT2D eigenvalue weighted by Gasteiger charge is -2.27. The Labute approximate surface area is 219 Å². The highest BCUT2D eigenvalue weighted by molar-refractivity contribution is 9.10. The maximum atomic E-state index is 13.5. The molecule has 0 saturated heterocycles. The minimum Gasteiger partial charge on any atom is -0.460 e. The second kappa shape index (κ2) is 9.74. The molecule has 2 saturated carbocycles. The fraction of sp³-hybridized carbons (Fsp3) is 0.407. The number of rotatable bonds is 8. The van der Waals surface area contributed by atoms with Crippen molar-refractivity contribution in [3.05, 3.63) is 80.4 Å². The summed E-state index contributed by atoms with van der Waals surface area (Å²) in [4.78, 5) is 26.9. The predicted octanol–water partition coefficient (Wildman–Crippen LogP) is 7.22. The van der Waals surface area contributed by atoms with Gasteiger partial charge in [-0.25, -0.2) is 0 Å². The van der Waals surface area contributed by atoms with E-state index in [1.165, 1.54) is 0 Å². The topological polar surface area (TPSA) is 52.6 Å². The fourth-order valence-corrected chi connectivity index (χ4v) is 6.12. The minimum atomic E-state index is -1.39. The van der Waals surface area contributed by atoms with E-state index in [1.54, 1.807) is 0 Å². The van der Waals surface area contributed by atoms with E-state index in [-0.39, 0.29) is 18.6 Å². The van der Waals surface area contributed by atoms with Gasteiger partial charge in [0.2, 0.25) is 0 Å². The highest BCUT2D eigenvalue weighted by Crippen LogP contribution is 2.70. The third-order valence-corrected chi connectivity index (χ3v) is 8.99. The third-order valence-electron chi connectivity index (χ3n) is 6.77. The smallest absolute Gasteiger partial charge is 0.323 e. The number of allylic oxidation sites excluding steroid dienone is 1. The van der Waals surface area contributed by atoms with Crippen molar-refractivity contribution in [2.75, 3.05) is 0 Å². The Kier molecular flexibility index (Phi) is 7.28. The van der Waals surface area contributed by atoms with Gasteiger partial charge in [0.1, 0.15) is 13.2 Å². The van der Waals surface area contributed by atoms with E-state index >= 15 is 0 Å². The zero-order valence-corrected chi connectivity index (χ0v) is 23.9. The summed E-state index contributed by atoms with van der Waals surface area (Å²) >= 11 is 6.84. The van der Waals surface area contributed by atoms with E-state index in [0.29, 0.717) is 18.8 Å². The summed E-state index contributed by atoms with van der Waals surface area (Å²) < 4.78 is 13.4. The summed E-state index contributed by atoms with van der Waals surface area (Å²) in [5.74, 6) is -0.617. The number of halogens is 2. The number of esters is 2. The van der Waals surface area contributed by atoms with Crippen LogP contribution < -0.4 is 0 Å². The number of carbonyl (C=O) groups excluding carboxylic acids is 2. The molecule has 0 aromatic heterocycles. The molecule has 7 heteroatoms. The van der Waals surface area contributed by atoms with Crippen molar-refractivity contribution in [3.8, 4) is 0 Å². The van der Waals surface area contributed by atoms with E-state index in [4.69, 9.17) is 9.47 Å². The van der Waals surface area contributed by atoms with E-state index in [1.807, 2.05) is 48.5 Å². The standard InChI is InChI=1S/C27H30Br2O4Si/c1-34(2,3)13-12-26-14-21(26)15-27(18-26,24(30)32-16-19-4-8-22(28)9-5-19)25(31)33-17-20-6-10-23(29)11-7-20/h4-13,21H,14-18H2,1-3H3/b13-12+/t21-,26+/m0/s1. The lowest BCUT2D eigenvalue weighted by Crippen LogP contribution is -2.41. The summed E-state index contributed by atoms with van der Waals surface area (Å²) in [6.07, 6.45) is 4.26. The van der Waals surface area contributed by atoms with E-state index < -0.39 is 25.4 Å². The van der Waals surface area contributed by atoms with Gasteiger partial charge in [0, 0.05) is 8.95 Å². The third kappa shape index (κ3) is 5.74. The van der Waals surface area contributed by atoms with Gasteiger partial charge >= 0.3 is 11.9 Å². The van der Waals surface area contributed by atoms with Crippen LogP contribution in [0.3, 0.4) is 0 Å². The van der Waals surface area contributed by atoms with E-state index in [9.17, 15) is 9.59 Å². The van der Waals surface area contributed by atoms with Crippen LogP contribution in [0.4, 0.5) is 0 Å². The molecule has 0 heterocycles. The Hall–Kier alpha value is -1.70. The fourth-order valence-electron chi connectivity index (χ4n) is 4.76. The molecule has 2 aromatic carbocycles. The van der Waals surface area contributed by atoms with Crippen LogP contribution in [0, 0.1) is 16.7 Å². The van der Waals surface area contributed by atoms with Crippen LogP contribution >= 0.6 is 31.9 Å². The van der Waals surface area contributed by atoms with Crippen LogP contribution in [0.25, 0.3) is 0 Å². The van der Waals surface area contributed by atoms with Crippen molar-refractivity contribution in [2.45, 2.75) is 52.1 Å². The highest BCUT2D eigenvalue weighted by atomic mass is 79.9. The Balaban J connectivity index is 1.52. The molecule has 34 heavy (non-hydrogen) atoms.